The van der Waals surface area contributed by atoms with Gasteiger partial charge in [0.25, 0.3) is 0 Å². The molecule has 0 N–H and O–H groups in total. The number of ether oxygens (including phenoxy) is 3. The van der Waals surface area contributed by atoms with Gasteiger partial charge in [-0.05, 0) is 130 Å². The minimum Gasteiger partial charge on any atom is -0.494 e. The van der Waals surface area contributed by atoms with Gasteiger partial charge in [0, 0.05) is 31.2 Å². The summed E-state index contributed by atoms with van der Waals surface area (Å²) >= 11 is 0.877. The maximum atomic E-state index is 13.0. The zero-order valence-corrected chi connectivity index (χ0v) is 84.4. The standard InChI is InChI=1S/4C18H15P.C13H10F3NO2.C11H7BrF3NO.C4H7O.3C4H9.Pd.Sn/c4*1-4-10-16(11-5-1)19(17-12-6-2-7-13-17)18-14-8-3-9-15-18;1-7(18)10-8-5-3-4-6-9(8)17-12(11(10)19-2)13(14,15)16;1-17-9-8(12)6-4-2-3-5-7(6)16-10(9)11(13,14)15;1-3-5-4-2;3*1-3-4-2;;/h4*1-15H;3-6H,1-2H3;2-5H,1H3;1,4H2,2H3;3*1,3-4H2,2H3;;. The number of alkyl halides is 6. The molecule has 16 aromatic rings. The zero-order valence-electron chi connectivity index (χ0n) is 74.8. The Labute approximate surface area is 801 Å². The molecule has 0 atom stereocenters. The molecule has 0 saturated carbocycles. The first-order valence-electron chi connectivity index (χ1n) is 43.6. The summed E-state index contributed by atoms with van der Waals surface area (Å²) in [6, 6.07) is 142. The van der Waals surface area contributed by atoms with E-state index in [9.17, 15) is 31.1 Å². The van der Waals surface area contributed by atoms with E-state index in [1.807, 2.05) is 0 Å². The van der Waals surface area contributed by atoms with Crippen LogP contribution in [-0.2, 0) is 37.5 Å². The van der Waals surface area contributed by atoms with Crippen molar-refractivity contribution in [2.45, 2.75) is 98.8 Å². The van der Waals surface area contributed by atoms with Crippen LogP contribution in [0.2, 0.25) is 13.3 Å². The van der Waals surface area contributed by atoms with Crippen molar-refractivity contribution in [1.82, 2.24) is 9.97 Å². The van der Waals surface area contributed by atoms with Crippen molar-refractivity contribution in [2.75, 3.05) is 20.8 Å². The van der Waals surface area contributed by atoms with Gasteiger partial charge in [-0.1, -0.05) is 400 Å². The van der Waals surface area contributed by atoms with Gasteiger partial charge in [0.15, 0.2) is 28.7 Å². The molecule has 14 aromatic carbocycles. The van der Waals surface area contributed by atoms with Crippen LogP contribution in [0.4, 0.5) is 26.3 Å². The van der Waals surface area contributed by atoms with Gasteiger partial charge < -0.3 is 9.47 Å². The molecule has 19 heteroatoms. The van der Waals surface area contributed by atoms with Crippen molar-refractivity contribution < 1.29 is 65.8 Å². The van der Waals surface area contributed by atoms with E-state index in [-0.39, 0.29) is 47.2 Å². The van der Waals surface area contributed by atoms with Gasteiger partial charge in [-0.2, -0.15) is 26.3 Å². The SMILES string of the molecule is C=[C](OCC)[Sn]([CH2]CCC)([CH2]CCC)[CH2]CCC.COc1c(C(F)(F)F)nc2ccccc2c1Br.COc1c(C(F)(F)F)nc2ccccc2c1C(C)=O.[Pd].c1ccc(P(c2ccccc2)c2ccccc2)cc1.c1ccc(P(c2ccccc2)c2ccccc2)cc1.c1ccc(P(c2ccccc2)c2ccccc2)cc1.c1ccc(P(c2ccccc2)c2ccccc2)cc1. The van der Waals surface area contributed by atoms with Crippen molar-refractivity contribution in [3.8, 4) is 11.5 Å². The molecule has 676 valence electrons. The predicted molar refractivity (Wildman–Crippen MR) is 551 cm³/mol. The summed E-state index contributed by atoms with van der Waals surface area (Å²) in [6.07, 6.45) is -1.12. The van der Waals surface area contributed by atoms with Gasteiger partial charge in [-0.25, -0.2) is 9.97 Å². The first-order chi connectivity index (χ1) is 63.3. The Morgan fingerprint density at radius 3 is 0.725 bits per heavy atom. The maximum Gasteiger partial charge on any atom is 0.437 e. The molecule has 0 fully saturated rings. The Morgan fingerprint density at radius 1 is 0.328 bits per heavy atom. The predicted octanol–water partition coefficient (Wildman–Crippen LogP) is 27.2. The van der Waals surface area contributed by atoms with Crippen LogP contribution in [-0.4, -0.2) is 55.0 Å². The molecule has 0 aliphatic heterocycles. The number of hydrogen-bond donors (Lipinski definition) is 0. The summed E-state index contributed by atoms with van der Waals surface area (Å²) in [7, 11) is 0.493. The van der Waals surface area contributed by atoms with E-state index < -0.39 is 85.3 Å². The number of benzene rings is 14. The second-order valence-electron chi connectivity index (χ2n) is 30.1. The van der Waals surface area contributed by atoms with E-state index in [0.717, 1.165) is 13.7 Å². The molecule has 0 bridgehead atoms. The van der Waals surface area contributed by atoms with E-state index in [1.54, 1.807) is 36.4 Å². The first-order valence-corrected chi connectivity index (χ1v) is 57.3. The molecule has 0 spiro atoms. The summed E-state index contributed by atoms with van der Waals surface area (Å²) in [5.74, 6) is -1.32. The number of fused-ring (bicyclic) bond motifs is 2. The van der Waals surface area contributed by atoms with Gasteiger partial charge in [0.1, 0.15) is 0 Å². The third-order valence-corrected chi connectivity index (χ3v) is 46.6. The number of Topliss-reactive ketones (excluding diaryl/α,β-unsaturated/α-hetero) is 1. The van der Waals surface area contributed by atoms with E-state index in [1.165, 1.54) is 145 Å². The van der Waals surface area contributed by atoms with Gasteiger partial charge in [-0.15, -0.1) is 0 Å². The molecule has 0 aliphatic rings. The molecule has 0 saturated heterocycles. The third-order valence-electron chi connectivity index (χ3n) is 21.0. The van der Waals surface area contributed by atoms with E-state index in [4.69, 9.17) is 14.2 Å². The van der Waals surface area contributed by atoms with Crippen molar-refractivity contribution in [1.29, 1.82) is 0 Å². The topological polar surface area (TPSA) is 70.5 Å². The number of methoxy groups -OCH3 is 2. The van der Waals surface area contributed by atoms with Crippen molar-refractivity contribution in [3.63, 3.8) is 0 Å². The van der Waals surface area contributed by atoms with Crippen LogP contribution in [0.5, 0.6) is 11.5 Å². The van der Waals surface area contributed by atoms with Crippen LogP contribution in [0.25, 0.3) is 21.8 Å². The fourth-order valence-electron chi connectivity index (χ4n) is 14.8. The molecule has 0 aliphatic carbocycles. The summed E-state index contributed by atoms with van der Waals surface area (Å²) in [5.41, 5.74) is -1.92. The normalized spacial score (nSPS) is 10.9. The second kappa shape index (κ2) is 55.5. The average Bonchev–Trinajstić information content (AvgIpc) is 0.765. The van der Waals surface area contributed by atoms with Crippen LogP contribution < -0.4 is 73.1 Å². The number of hydrogen-bond acceptors (Lipinski definition) is 6. The Balaban J connectivity index is 0.000000172. The average molecular weight is 2090 g/mol. The Hall–Kier alpha value is -10.0. The summed E-state index contributed by atoms with van der Waals surface area (Å²) in [5, 5.41) is 17.7. The fraction of sp³-hybridized carbons (Fsp3) is 0.170. The van der Waals surface area contributed by atoms with Gasteiger partial charge in [0.2, 0.25) is 0 Å². The molecule has 0 amide bonds. The number of carbonyl (C=O) groups is 1. The summed E-state index contributed by atoms with van der Waals surface area (Å²) < 4.78 is 98.6. The molecule has 0 radical (unpaired) electrons. The number of rotatable bonds is 27. The van der Waals surface area contributed by atoms with Crippen molar-refractivity contribution in [2.24, 2.45) is 0 Å². The van der Waals surface area contributed by atoms with Crippen LogP contribution in [0.1, 0.15) is 94.9 Å². The minimum absolute atomic E-state index is 0. The Bertz CT molecular complexity index is 5110. The molecule has 2 aromatic heterocycles. The molecule has 2 heterocycles. The largest absolute Gasteiger partial charge is 0.494 e. The monoisotopic (exact) mass is 2090 g/mol. The van der Waals surface area contributed by atoms with Crippen LogP contribution in [0.15, 0.2) is 427 Å². The van der Waals surface area contributed by atoms with Gasteiger partial charge >= 0.3 is 132 Å². The smallest absolute Gasteiger partial charge is 0.437 e. The number of aromatic nitrogens is 2. The summed E-state index contributed by atoms with van der Waals surface area (Å²) in [4.78, 5) is 18.8. The fourth-order valence-corrected chi connectivity index (χ4v) is 39.4. The number of ketones is 1. The number of pyridine rings is 2. The molecule has 131 heavy (non-hydrogen) atoms. The van der Waals surface area contributed by atoms with Crippen LogP contribution >= 0.6 is 47.6 Å². The molecule has 16 rings (SSSR count). The minimum atomic E-state index is -4.68. The Morgan fingerprint density at radius 2 is 0.527 bits per heavy atom. The second-order valence-corrected chi connectivity index (χ2v) is 52.9. The number of para-hydroxylation sites is 2. The number of unbranched alkanes of at least 4 members (excludes halogenated alkanes) is 3. The van der Waals surface area contributed by atoms with E-state index >= 15 is 0 Å². The first kappa shape index (κ1) is 105. The maximum absolute atomic E-state index is 13.0. The Kier molecular flexibility index (Phi) is 44.3. The third kappa shape index (κ3) is 31.0. The number of nitrogens with zero attached hydrogens (tertiary/aromatic N) is 2. The van der Waals surface area contributed by atoms with E-state index in [0.29, 0.717) is 10.8 Å². The summed E-state index contributed by atoms with van der Waals surface area (Å²) in [6.45, 7) is 15.4. The molecule has 6 nitrogen and oxygen atoms in total. The van der Waals surface area contributed by atoms with E-state index in [2.05, 4.69) is 424 Å². The van der Waals surface area contributed by atoms with Gasteiger partial charge in [-0.3, -0.25) is 4.79 Å². The number of carbonyl (C=O) groups excluding carboxylic acids is 1. The quantitative estimate of drug-likeness (QED) is 0.0168. The number of halogens is 7. The van der Waals surface area contributed by atoms with Crippen LogP contribution in [0.3, 0.4) is 0 Å². The molecular formula is C112H111BrF6N2O4P4PdSn. The van der Waals surface area contributed by atoms with Crippen molar-refractivity contribution >= 4 is 157 Å². The van der Waals surface area contributed by atoms with Crippen LogP contribution in [0, 0.1) is 0 Å². The zero-order chi connectivity index (χ0) is 92.4. The van der Waals surface area contributed by atoms with Gasteiger partial charge in [0.05, 0.1) is 35.3 Å². The van der Waals surface area contributed by atoms with Crippen molar-refractivity contribution in [3.05, 3.63) is 444 Å². The molecular weight excluding hydrogens is 1980 g/mol. The molecule has 0 unspecified atom stereocenters.